The van der Waals surface area contributed by atoms with E-state index in [1.54, 1.807) is 24.3 Å². The minimum atomic E-state index is -0.572. The van der Waals surface area contributed by atoms with Gasteiger partial charge in [-0.25, -0.2) is 0 Å². The molecule has 2 aromatic rings. The summed E-state index contributed by atoms with van der Waals surface area (Å²) in [6.07, 6.45) is 3.05. The zero-order valence-corrected chi connectivity index (χ0v) is 18.6. The first-order chi connectivity index (χ1) is 14.7. The van der Waals surface area contributed by atoms with Crippen LogP contribution < -0.4 is 9.47 Å². The van der Waals surface area contributed by atoms with Gasteiger partial charge in [-0.15, -0.1) is 0 Å². The lowest BCUT2D eigenvalue weighted by Gasteiger charge is -2.29. The summed E-state index contributed by atoms with van der Waals surface area (Å²) in [5.41, 5.74) is 3.99. The number of rotatable bonds is 7. The van der Waals surface area contributed by atoms with Crippen molar-refractivity contribution in [3.05, 3.63) is 70.8 Å². The Balaban J connectivity index is 2.01. The van der Waals surface area contributed by atoms with Crippen LogP contribution in [0, 0.1) is 5.92 Å². The molecular weight excluding hydrogens is 392 g/mol. The maximum atomic E-state index is 13.0. The molecule has 1 aliphatic rings. The van der Waals surface area contributed by atoms with Crippen molar-refractivity contribution in [3.63, 3.8) is 0 Å². The molecule has 31 heavy (non-hydrogen) atoms. The molecule has 5 heteroatoms. The van der Waals surface area contributed by atoms with Crippen LogP contribution in [0.4, 0.5) is 0 Å². The predicted molar refractivity (Wildman–Crippen MR) is 121 cm³/mol. The van der Waals surface area contributed by atoms with Crippen LogP contribution in [0.1, 0.15) is 61.2 Å². The molecule has 5 nitrogen and oxygen atoms in total. The molecule has 0 aromatic heterocycles. The van der Waals surface area contributed by atoms with Crippen molar-refractivity contribution in [2.24, 2.45) is 5.92 Å². The van der Waals surface area contributed by atoms with E-state index in [-0.39, 0.29) is 29.6 Å². The molecule has 0 fully saturated rings. The molecule has 0 spiro atoms. The van der Waals surface area contributed by atoms with Crippen molar-refractivity contribution >= 4 is 5.78 Å². The topological polar surface area (TPSA) is 76.0 Å². The minimum absolute atomic E-state index is 0.0567. The number of Topliss-reactive ketones (excluding diaryl/α,β-unsaturated/α-hetero) is 1. The molecule has 0 saturated carbocycles. The molecule has 1 aliphatic heterocycles. The maximum Gasteiger partial charge on any atom is 0.170 e. The zero-order valence-electron chi connectivity index (χ0n) is 18.6. The van der Waals surface area contributed by atoms with Gasteiger partial charge >= 0.3 is 0 Å². The summed E-state index contributed by atoms with van der Waals surface area (Å²) in [5, 5.41) is 20.4. The van der Waals surface area contributed by atoms with Gasteiger partial charge in [-0.1, -0.05) is 23.8 Å². The van der Waals surface area contributed by atoms with Gasteiger partial charge in [0.2, 0.25) is 0 Å². The molecule has 3 rings (SSSR count). The van der Waals surface area contributed by atoms with E-state index in [1.165, 1.54) is 18.7 Å². The second-order valence-corrected chi connectivity index (χ2v) is 8.36. The van der Waals surface area contributed by atoms with Crippen LogP contribution >= 0.6 is 0 Å². The minimum Gasteiger partial charge on any atom is -0.508 e. The second kappa shape index (κ2) is 9.29. The number of hydrogen-bond acceptors (Lipinski definition) is 5. The van der Waals surface area contributed by atoms with Crippen molar-refractivity contribution in [1.82, 2.24) is 0 Å². The molecule has 0 radical (unpaired) electrons. The van der Waals surface area contributed by atoms with Crippen molar-refractivity contribution in [3.8, 4) is 23.0 Å². The summed E-state index contributed by atoms with van der Waals surface area (Å²) in [4.78, 5) is 13.0. The van der Waals surface area contributed by atoms with E-state index in [2.05, 4.69) is 26.5 Å². The number of phenols is 2. The molecule has 164 valence electrons. The van der Waals surface area contributed by atoms with Crippen molar-refractivity contribution in [1.29, 1.82) is 0 Å². The van der Waals surface area contributed by atoms with Gasteiger partial charge in [-0.05, 0) is 63.8 Å². The van der Waals surface area contributed by atoms with Crippen molar-refractivity contribution in [2.45, 2.75) is 46.1 Å². The smallest absolute Gasteiger partial charge is 0.170 e. The molecular formula is C26H30O5. The summed E-state index contributed by atoms with van der Waals surface area (Å²) >= 11 is 0. The SMILES string of the molecule is C=C(C)[C@H](CC=C(C)C)Cc1c(O)ccc2c1O[C@H](c1ccc(O)cc1OC)CC2=O. The highest BCUT2D eigenvalue weighted by atomic mass is 16.5. The number of ketones is 1. The number of methoxy groups -OCH3 is 1. The summed E-state index contributed by atoms with van der Waals surface area (Å²) in [7, 11) is 1.51. The Morgan fingerprint density at radius 3 is 2.65 bits per heavy atom. The Morgan fingerprint density at radius 1 is 1.26 bits per heavy atom. The van der Waals surface area contributed by atoms with Gasteiger partial charge in [0.1, 0.15) is 29.1 Å². The number of ether oxygens (including phenoxy) is 2. The molecule has 0 amide bonds. The van der Waals surface area contributed by atoms with E-state index in [0.29, 0.717) is 34.6 Å². The van der Waals surface area contributed by atoms with E-state index in [0.717, 1.165) is 12.0 Å². The third-order valence-corrected chi connectivity index (χ3v) is 5.69. The number of fused-ring (bicyclic) bond motifs is 1. The largest absolute Gasteiger partial charge is 0.508 e. The Bertz CT molecular complexity index is 1030. The highest BCUT2D eigenvalue weighted by Crippen LogP contribution is 2.44. The molecule has 0 aliphatic carbocycles. The maximum absolute atomic E-state index is 13.0. The summed E-state index contributed by atoms with van der Waals surface area (Å²) in [5.74, 6) is 1.10. The highest BCUT2D eigenvalue weighted by Gasteiger charge is 2.33. The van der Waals surface area contributed by atoms with Crippen LogP contribution in [0.3, 0.4) is 0 Å². The Hall–Kier alpha value is -3.21. The zero-order chi connectivity index (χ0) is 22.7. The fourth-order valence-electron chi connectivity index (χ4n) is 3.85. The number of benzene rings is 2. The quantitative estimate of drug-likeness (QED) is 0.543. The van der Waals surface area contributed by atoms with E-state index < -0.39 is 6.10 Å². The van der Waals surface area contributed by atoms with Crippen LogP contribution in [0.2, 0.25) is 0 Å². The number of hydrogen-bond donors (Lipinski definition) is 2. The first-order valence-electron chi connectivity index (χ1n) is 10.4. The molecule has 0 unspecified atom stereocenters. The molecule has 0 bridgehead atoms. The summed E-state index contributed by atoms with van der Waals surface area (Å²) in [6.45, 7) is 10.2. The van der Waals surface area contributed by atoms with E-state index in [4.69, 9.17) is 9.47 Å². The number of carbonyl (C=O) groups excluding carboxylic acids is 1. The van der Waals surface area contributed by atoms with Gasteiger partial charge in [0.05, 0.1) is 19.1 Å². The van der Waals surface area contributed by atoms with Gasteiger partial charge in [-0.2, -0.15) is 0 Å². The van der Waals surface area contributed by atoms with Crippen LogP contribution in [-0.4, -0.2) is 23.1 Å². The number of carbonyl (C=O) groups is 1. The molecule has 2 N–H and O–H groups in total. The molecule has 0 saturated heterocycles. The average Bonchev–Trinajstić information content (AvgIpc) is 2.71. The van der Waals surface area contributed by atoms with Gasteiger partial charge in [0.15, 0.2) is 5.78 Å². The fourth-order valence-corrected chi connectivity index (χ4v) is 3.85. The van der Waals surface area contributed by atoms with E-state index in [9.17, 15) is 15.0 Å². The van der Waals surface area contributed by atoms with Crippen molar-refractivity contribution < 1.29 is 24.5 Å². The first kappa shape index (κ1) is 22.5. The highest BCUT2D eigenvalue weighted by molar-refractivity contribution is 6.00. The number of phenolic OH excluding ortho intramolecular Hbond substituents is 2. The monoisotopic (exact) mass is 422 g/mol. The average molecular weight is 423 g/mol. The second-order valence-electron chi connectivity index (χ2n) is 8.36. The molecule has 1 heterocycles. The third kappa shape index (κ3) is 4.93. The van der Waals surface area contributed by atoms with E-state index in [1.807, 2.05) is 6.92 Å². The standard InChI is InChI=1S/C26H30O5/c1-15(2)6-7-17(16(3)4)12-21-22(28)11-10-19-23(29)14-25(31-26(19)21)20-9-8-18(27)13-24(20)30-5/h6,8-11,13,17,25,27-28H,3,7,12,14H2,1-2,4-5H3/t17-,25+/m1/s1. The van der Waals surface area contributed by atoms with Crippen LogP contribution in [0.15, 0.2) is 54.1 Å². The van der Waals surface area contributed by atoms with Crippen LogP contribution in [0.5, 0.6) is 23.0 Å². The van der Waals surface area contributed by atoms with Gasteiger partial charge in [-0.3, -0.25) is 4.79 Å². The fraction of sp³-hybridized carbons (Fsp3) is 0.346. The van der Waals surface area contributed by atoms with Crippen LogP contribution in [0.25, 0.3) is 0 Å². The van der Waals surface area contributed by atoms with Gasteiger partial charge in [0.25, 0.3) is 0 Å². The number of allylic oxidation sites excluding steroid dienone is 3. The summed E-state index contributed by atoms with van der Waals surface area (Å²) < 4.78 is 11.7. The van der Waals surface area contributed by atoms with E-state index >= 15 is 0 Å². The Kier molecular flexibility index (Phi) is 6.74. The van der Waals surface area contributed by atoms with Crippen molar-refractivity contribution in [2.75, 3.05) is 7.11 Å². The lowest BCUT2D eigenvalue weighted by molar-refractivity contribution is 0.0843. The van der Waals surface area contributed by atoms with Crippen LogP contribution in [-0.2, 0) is 6.42 Å². The first-order valence-corrected chi connectivity index (χ1v) is 10.4. The lowest BCUT2D eigenvalue weighted by Crippen LogP contribution is -2.22. The van der Waals surface area contributed by atoms with Gasteiger partial charge < -0.3 is 19.7 Å². The third-order valence-electron chi connectivity index (χ3n) is 5.69. The summed E-state index contributed by atoms with van der Waals surface area (Å²) in [6, 6.07) is 7.92. The predicted octanol–water partition coefficient (Wildman–Crippen LogP) is 5.90. The normalized spacial score (nSPS) is 16.1. The Morgan fingerprint density at radius 2 is 2.00 bits per heavy atom. The lowest BCUT2D eigenvalue weighted by atomic mass is 9.86. The molecule has 2 atom stereocenters. The molecule has 2 aromatic carbocycles. The number of aromatic hydroxyl groups is 2. The Labute approximate surface area is 183 Å². The van der Waals surface area contributed by atoms with Gasteiger partial charge in [0, 0.05) is 17.2 Å².